The predicted octanol–water partition coefficient (Wildman–Crippen LogP) is 6.19. The lowest BCUT2D eigenvalue weighted by molar-refractivity contribution is -0.147. The Morgan fingerprint density at radius 3 is 1.96 bits per heavy atom. The maximum absolute atomic E-state index is 12.7. The van der Waals surface area contributed by atoms with Gasteiger partial charge in [0.15, 0.2) is 0 Å². The lowest BCUT2D eigenvalue weighted by Gasteiger charge is -2.23. The lowest BCUT2D eigenvalue weighted by atomic mass is 10.1. The molecule has 0 aliphatic rings. The molecule has 0 radical (unpaired) electrons. The Morgan fingerprint density at radius 1 is 0.826 bits per heavy atom. The molecule has 0 aromatic heterocycles. The highest BCUT2D eigenvalue weighted by Crippen LogP contribution is 2.19. The van der Waals surface area contributed by atoms with E-state index in [9.17, 15) is 13.2 Å². The smallest absolute Gasteiger partial charge is 0.291 e. The zero-order valence-electron chi connectivity index (χ0n) is 14.2. The van der Waals surface area contributed by atoms with E-state index in [1.165, 1.54) is 37.0 Å². The average molecular weight is 329 g/mol. The van der Waals surface area contributed by atoms with Gasteiger partial charge in [-0.15, -0.1) is 0 Å². The third kappa shape index (κ3) is 11.2. The first-order valence-corrected chi connectivity index (χ1v) is 8.84. The number of benzene rings is 1. The topological polar surface area (TPSA) is 3.24 Å². The van der Waals surface area contributed by atoms with Crippen LogP contribution in [0.4, 0.5) is 13.2 Å². The van der Waals surface area contributed by atoms with Gasteiger partial charge >= 0.3 is 6.18 Å². The highest BCUT2D eigenvalue weighted by atomic mass is 19.4. The van der Waals surface area contributed by atoms with Gasteiger partial charge < -0.3 is 0 Å². The van der Waals surface area contributed by atoms with Gasteiger partial charge in [-0.05, 0) is 18.5 Å². The van der Waals surface area contributed by atoms with Crippen LogP contribution in [0.2, 0.25) is 0 Å². The number of halogens is 3. The molecule has 0 aliphatic heterocycles. The van der Waals surface area contributed by atoms with Crippen molar-refractivity contribution in [3.05, 3.63) is 35.9 Å². The SMILES string of the molecule is CCCCCCCCCCN(Cc1ccccc1)CC(F)(F)F. The van der Waals surface area contributed by atoms with Crippen LogP contribution in [0.1, 0.15) is 63.9 Å². The number of hydrogen-bond acceptors (Lipinski definition) is 1. The molecule has 0 fully saturated rings. The zero-order valence-corrected chi connectivity index (χ0v) is 14.2. The Kier molecular flexibility index (Phi) is 10.0. The van der Waals surface area contributed by atoms with Gasteiger partial charge in [0.25, 0.3) is 0 Å². The van der Waals surface area contributed by atoms with Crippen LogP contribution in [0.25, 0.3) is 0 Å². The summed E-state index contributed by atoms with van der Waals surface area (Å²) < 4.78 is 38.1. The average Bonchev–Trinajstić information content (AvgIpc) is 2.49. The van der Waals surface area contributed by atoms with Crippen molar-refractivity contribution in [1.82, 2.24) is 4.90 Å². The van der Waals surface area contributed by atoms with Gasteiger partial charge in [0.2, 0.25) is 0 Å². The van der Waals surface area contributed by atoms with E-state index in [-0.39, 0.29) is 0 Å². The first-order valence-electron chi connectivity index (χ1n) is 8.84. The summed E-state index contributed by atoms with van der Waals surface area (Å²) in [4.78, 5) is 1.52. The molecular weight excluding hydrogens is 299 g/mol. The summed E-state index contributed by atoms with van der Waals surface area (Å²) in [6.07, 6.45) is 5.14. The molecular formula is C19H30F3N. The quantitative estimate of drug-likeness (QED) is 0.413. The fourth-order valence-electron chi connectivity index (χ4n) is 2.78. The second-order valence-corrected chi connectivity index (χ2v) is 6.29. The van der Waals surface area contributed by atoms with Crippen LogP contribution in [0, 0.1) is 0 Å². The maximum Gasteiger partial charge on any atom is 0.401 e. The molecule has 4 heteroatoms. The van der Waals surface area contributed by atoms with Crippen LogP contribution >= 0.6 is 0 Å². The van der Waals surface area contributed by atoms with E-state index in [1.54, 1.807) is 0 Å². The monoisotopic (exact) mass is 329 g/mol. The molecule has 0 heterocycles. The van der Waals surface area contributed by atoms with Crippen molar-refractivity contribution in [3.8, 4) is 0 Å². The number of unbranched alkanes of at least 4 members (excludes halogenated alkanes) is 7. The van der Waals surface area contributed by atoms with Gasteiger partial charge in [-0.2, -0.15) is 13.2 Å². The highest BCUT2D eigenvalue weighted by molar-refractivity contribution is 5.14. The van der Waals surface area contributed by atoms with Gasteiger partial charge in [0, 0.05) is 6.54 Å². The Labute approximate surface area is 138 Å². The standard InChI is InChI=1S/C19H30F3N/c1-2-3-4-5-6-7-8-12-15-23(17-19(20,21)22)16-18-13-10-9-11-14-18/h9-11,13-14H,2-8,12,15-17H2,1H3. The summed E-state index contributed by atoms with van der Waals surface area (Å²) in [7, 11) is 0. The molecule has 0 spiro atoms. The summed E-state index contributed by atoms with van der Waals surface area (Å²) in [5, 5.41) is 0. The van der Waals surface area contributed by atoms with Crippen molar-refractivity contribution in [2.24, 2.45) is 0 Å². The van der Waals surface area contributed by atoms with Crippen LogP contribution in [0.5, 0.6) is 0 Å². The third-order valence-corrected chi connectivity index (χ3v) is 3.98. The fraction of sp³-hybridized carbons (Fsp3) is 0.684. The minimum absolute atomic E-state index is 0.372. The normalized spacial score (nSPS) is 12.0. The van der Waals surface area contributed by atoms with Gasteiger partial charge in [-0.1, -0.05) is 82.2 Å². The first-order chi connectivity index (χ1) is 11.0. The molecule has 0 saturated heterocycles. The summed E-state index contributed by atoms with van der Waals surface area (Å²) in [5.74, 6) is 0. The predicted molar refractivity (Wildman–Crippen MR) is 90.4 cm³/mol. The highest BCUT2D eigenvalue weighted by Gasteiger charge is 2.30. The van der Waals surface area contributed by atoms with Gasteiger partial charge in [0.05, 0.1) is 6.54 Å². The number of nitrogens with zero attached hydrogens (tertiary/aromatic N) is 1. The molecule has 0 unspecified atom stereocenters. The van der Waals surface area contributed by atoms with Gasteiger partial charge in [-0.25, -0.2) is 0 Å². The Bertz CT molecular complexity index is 389. The lowest BCUT2D eigenvalue weighted by Crippen LogP contribution is -2.34. The largest absolute Gasteiger partial charge is 0.401 e. The molecule has 23 heavy (non-hydrogen) atoms. The Hall–Kier alpha value is -1.03. The van der Waals surface area contributed by atoms with E-state index < -0.39 is 12.7 Å². The second kappa shape index (κ2) is 11.5. The zero-order chi connectivity index (χ0) is 17.0. The molecule has 1 aromatic rings. The molecule has 1 nitrogen and oxygen atoms in total. The fourth-order valence-corrected chi connectivity index (χ4v) is 2.78. The molecule has 132 valence electrons. The maximum atomic E-state index is 12.7. The Morgan fingerprint density at radius 2 is 1.39 bits per heavy atom. The number of alkyl halides is 3. The summed E-state index contributed by atoms with van der Waals surface area (Å²) in [6.45, 7) is 2.26. The minimum Gasteiger partial charge on any atom is -0.291 e. The van der Waals surface area contributed by atoms with Crippen molar-refractivity contribution in [2.45, 2.75) is 71.0 Å². The second-order valence-electron chi connectivity index (χ2n) is 6.29. The van der Waals surface area contributed by atoms with E-state index in [0.717, 1.165) is 24.8 Å². The summed E-state index contributed by atoms with van der Waals surface area (Å²) >= 11 is 0. The minimum atomic E-state index is -4.13. The third-order valence-electron chi connectivity index (χ3n) is 3.98. The van der Waals surface area contributed by atoms with Crippen LogP contribution in [-0.4, -0.2) is 24.2 Å². The van der Waals surface area contributed by atoms with Crippen molar-refractivity contribution in [2.75, 3.05) is 13.1 Å². The van der Waals surface area contributed by atoms with E-state index in [1.807, 2.05) is 30.3 Å². The first kappa shape index (κ1) is 20.0. The van der Waals surface area contributed by atoms with Crippen molar-refractivity contribution in [3.63, 3.8) is 0 Å². The Balaban J connectivity index is 2.27. The van der Waals surface area contributed by atoms with Crippen LogP contribution in [0.3, 0.4) is 0 Å². The van der Waals surface area contributed by atoms with E-state index >= 15 is 0 Å². The summed E-state index contributed by atoms with van der Waals surface area (Å²) in [5.41, 5.74) is 0.941. The van der Waals surface area contributed by atoms with Crippen LogP contribution in [-0.2, 0) is 6.54 Å². The molecule has 0 saturated carbocycles. The van der Waals surface area contributed by atoms with Crippen LogP contribution in [0.15, 0.2) is 30.3 Å². The van der Waals surface area contributed by atoms with Gasteiger partial charge in [0.1, 0.15) is 0 Å². The molecule has 1 rings (SSSR count). The summed E-state index contributed by atoms with van der Waals surface area (Å²) in [6, 6.07) is 9.40. The molecule has 0 atom stereocenters. The van der Waals surface area contributed by atoms with Gasteiger partial charge in [-0.3, -0.25) is 4.90 Å². The molecule has 0 bridgehead atoms. The van der Waals surface area contributed by atoms with Crippen molar-refractivity contribution >= 4 is 0 Å². The molecule has 0 aliphatic carbocycles. The van der Waals surface area contributed by atoms with E-state index in [0.29, 0.717) is 13.1 Å². The van der Waals surface area contributed by atoms with E-state index in [2.05, 4.69) is 6.92 Å². The van der Waals surface area contributed by atoms with Crippen LogP contribution < -0.4 is 0 Å². The van der Waals surface area contributed by atoms with Crippen molar-refractivity contribution < 1.29 is 13.2 Å². The molecule has 1 aromatic carbocycles. The van der Waals surface area contributed by atoms with Crippen molar-refractivity contribution in [1.29, 1.82) is 0 Å². The van der Waals surface area contributed by atoms with E-state index in [4.69, 9.17) is 0 Å². The molecule has 0 N–H and O–H groups in total. The number of hydrogen-bond donors (Lipinski definition) is 0. The number of rotatable bonds is 12. The molecule has 0 amide bonds.